The molecular weight excluding hydrogens is 344 g/mol. The van der Waals surface area contributed by atoms with Crippen molar-refractivity contribution in [1.29, 1.82) is 0 Å². The Labute approximate surface area is 159 Å². The number of benzene rings is 1. The molecular formula is C21H28N2O4. The topological polar surface area (TPSA) is 95.5 Å². The van der Waals surface area contributed by atoms with E-state index in [9.17, 15) is 19.5 Å². The van der Waals surface area contributed by atoms with Gasteiger partial charge in [0.25, 0.3) is 0 Å². The maximum Gasteiger partial charge on any atom is 0.306 e. The number of carbonyl (C=O) groups excluding carboxylic acids is 2. The molecule has 2 saturated carbocycles. The van der Waals surface area contributed by atoms with Gasteiger partial charge in [-0.25, -0.2) is 0 Å². The zero-order valence-electron chi connectivity index (χ0n) is 15.6. The Morgan fingerprint density at radius 2 is 1.33 bits per heavy atom. The normalized spacial score (nSPS) is 23.4. The number of aliphatic carboxylic acids is 1. The molecule has 2 aliphatic carbocycles. The SMILES string of the molecule is O=C(O)C1CCCC(C(=O)Nc2cccc(NC(=O)C3CCCCC3)c2)C1. The van der Waals surface area contributed by atoms with E-state index in [1.54, 1.807) is 18.2 Å². The molecule has 1 aromatic rings. The number of carbonyl (C=O) groups is 3. The molecule has 3 N–H and O–H groups in total. The molecule has 2 atom stereocenters. The summed E-state index contributed by atoms with van der Waals surface area (Å²) in [6.45, 7) is 0. The lowest BCUT2D eigenvalue weighted by atomic mass is 9.81. The minimum Gasteiger partial charge on any atom is -0.481 e. The molecule has 2 amide bonds. The van der Waals surface area contributed by atoms with Gasteiger partial charge < -0.3 is 15.7 Å². The molecule has 0 aliphatic heterocycles. The minimum atomic E-state index is -0.820. The number of anilines is 2. The van der Waals surface area contributed by atoms with Crippen LogP contribution in [0.4, 0.5) is 11.4 Å². The molecule has 0 heterocycles. The highest BCUT2D eigenvalue weighted by Gasteiger charge is 2.31. The van der Waals surface area contributed by atoms with Gasteiger partial charge in [0.2, 0.25) is 11.8 Å². The average Bonchev–Trinajstić information content (AvgIpc) is 2.69. The third-order valence-corrected chi connectivity index (χ3v) is 5.77. The van der Waals surface area contributed by atoms with E-state index in [0.29, 0.717) is 30.6 Å². The van der Waals surface area contributed by atoms with Crippen LogP contribution in [0, 0.1) is 17.8 Å². The third-order valence-electron chi connectivity index (χ3n) is 5.77. The first kappa shape index (κ1) is 19.4. The lowest BCUT2D eigenvalue weighted by Crippen LogP contribution is -2.31. The van der Waals surface area contributed by atoms with Crippen molar-refractivity contribution < 1.29 is 19.5 Å². The summed E-state index contributed by atoms with van der Waals surface area (Å²) in [5.41, 5.74) is 1.30. The van der Waals surface area contributed by atoms with Crippen molar-refractivity contribution in [3.8, 4) is 0 Å². The first-order valence-corrected chi connectivity index (χ1v) is 9.97. The first-order valence-electron chi connectivity index (χ1n) is 9.97. The fraction of sp³-hybridized carbons (Fsp3) is 0.571. The van der Waals surface area contributed by atoms with Crippen molar-refractivity contribution in [2.75, 3.05) is 10.6 Å². The molecule has 0 aromatic heterocycles. The van der Waals surface area contributed by atoms with E-state index in [2.05, 4.69) is 10.6 Å². The van der Waals surface area contributed by atoms with Gasteiger partial charge in [-0.05, 0) is 50.3 Å². The van der Waals surface area contributed by atoms with Gasteiger partial charge in [-0.3, -0.25) is 14.4 Å². The Bertz CT molecular complexity index is 697. The summed E-state index contributed by atoms with van der Waals surface area (Å²) in [4.78, 5) is 36.1. The second-order valence-corrected chi connectivity index (χ2v) is 7.79. The van der Waals surface area contributed by atoms with Crippen molar-refractivity contribution in [1.82, 2.24) is 0 Å². The summed E-state index contributed by atoms with van der Waals surface area (Å²) in [5.74, 6) is -1.55. The van der Waals surface area contributed by atoms with Crippen LogP contribution in [0.2, 0.25) is 0 Å². The molecule has 2 unspecified atom stereocenters. The number of carboxylic acids is 1. The van der Waals surface area contributed by atoms with Gasteiger partial charge in [-0.15, -0.1) is 0 Å². The van der Waals surface area contributed by atoms with Gasteiger partial charge in [0.05, 0.1) is 5.92 Å². The Kier molecular flexibility index (Phi) is 6.48. The van der Waals surface area contributed by atoms with Crippen molar-refractivity contribution in [3.05, 3.63) is 24.3 Å². The molecule has 0 bridgehead atoms. The van der Waals surface area contributed by atoms with Gasteiger partial charge in [0, 0.05) is 23.2 Å². The first-order chi connectivity index (χ1) is 13.0. The minimum absolute atomic E-state index is 0.0507. The van der Waals surface area contributed by atoms with Gasteiger partial charge in [0.15, 0.2) is 0 Å². The van der Waals surface area contributed by atoms with Gasteiger partial charge in [-0.2, -0.15) is 0 Å². The van der Waals surface area contributed by atoms with Crippen LogP contribution >= 0.6 is 0 Å². The van der Waals surface area contributed by atoms with Crippen molar-refractivity contribution in [2.45, 2.75) is 57.8 Å². The zero-order chi connectivity index (χ0) is 19.2. The van der Waals surface area contributed by atoms with Crippen LogP contribution in [0.25, 0.3) is 0 Å². The summed E-state index contributed by atoms with van der Waals surface area (Å²) in [6.07, 6.45) is 7.79. The summed E-state index contributed by atoms with van der Waals surface area (Å²) in [5, 5.41) is 15.0. The van der Waals surface area contributed by atoms with Crippen LogP contribution < -0.4 is 10.6 Å². The maximum absolute atomic E-state index is 12.5. The number of nitrogens with one attached hydrogen (secondary N) is 2. The number of rotatable bonds is 5. The summed E-state index contributed by atoms with van der Waals surface area (Å²) in [7, 11) is 0. The Hall–Kier alpha value is -2.37. The molecule has 6 nitrogen and oxygen atoms in total. The molecule has 0 radical (unpaired) electrons. The molecule has 146 valence electrons. The predicted octanol–water partition coefficient (Wildman–Crippen LogP) is 4.03. The van der Waals surface area contributed by atoms with Crippen LogP contribution in [0.1, 0.15) is 57.8 Å². The molecule has 0 spiro atoms. The molecule has 3 rings (SSSR count). The lowest BCUT2D eigenvalue weighted by molar-refractivity contribution is -0.143. The van der Waals surface area contributed by atoms with Gasteiger partial charge in [0.1, 0.15) is 0 Å². The van der Waals surface area contributed by atoms with Crippen LogP contribution in [0.5, 0.6) is 0 Å². The molecule has 6 heteroatoms. The lowest BCUT2D eigenvalue weighted by Gasteiger charge is -2.25. The number of hydrogen-bond acceptors (Lipinski definition) is 3. The van der Waals surface area contributed by atoms with Crippen LogP contribution in [-0.2, 0) is 14.4 Å². The number of amides is 2. The average molecular weight is 372 g/mol. The van der Waals surface area contributed by atoms with Crippen molar-refractivity contribution in [2.24, 2.45) is 17.8 Å². The third kappa shape index (κ3) is 5.31. The number of carboxylic acid groups (broad SMARTS) is 1. The maximum atomic E-state index is 12.5. The molecule has 1 aromatic carbocycles. The standard InChI is InChI=1S/C21H28N2O4/c24-19(14-6-2-1-3-7-14)22-17-10-5-11-18(13-17)23-20(25)15-8-4-9-16(12-15)21(26)27/h5,10-11,13-16H,1-4,6-9,12H2,(H,22,24)(H,23,25)(H,26,27). The summed E-state index contributed by atoms with van der Waals surface area (Å²) >= 11 is 0. The predicted molar refractivity (Wildman–Crippen MR) is 103 cm³/mol. The highest BCUT2D eigenvalue weighted by atomic mass is 16.4. The monoisotopic (exact) mass is 372 g/mol. The van der Waals surface area contributed by atoms with Crippen LogP contribution in [0.3, 0.4) is 0 Å². The fourth-order valence-electron chi connectivity index (χ4n) is 4.18. The van der Waals surface area contributed by atoms with E-state index in [4.69, 9.17) is 0 Å². The number of hydrogen-bond donors (Lipinski definition) is 3. The highest BCUT2D eigenvalue weighted by Crippen LogP contribution is 2.30. The molecule has 27 heavy (non-hydrogen) atoms. The second-order valence-electron chi connectivity index (χ2n) is 7.79. The fourth-order valence-corrected chi connectivity index (χ4v) is 4.18. The van der Waals surface area contributed by atoms with E-state index in [-0.39, 0.29) is 23.7 Å². The Morgan fingerprint density at radius 1 is 0.778 bits per heavy atom. The van der Waals surface area contributed by atoms with E-state index >= 15 is 0 Å². The molecule has 0 saturated heterocycles. The summed E-state index contributed by atoms with van der Waals surface area (Å²) < 4.78 is 0. The molecule has 2 aliphatic rings. The summed E-state index contributed by atoms with van der Waals surface area (Å²) in [6, 6.07) is 7.16. The highest BCUT2D eigenvalue weighted by molar-refractivity contribution is 5.96. The van der Waals surface area contributed by atoms with E-state index in [0.717, 1.165) is 32.1 Å². The largest absolute Gasteiger partial charge is 0.481 e. The van der Waals surface area contributed by atoms with Crippen molar-refractivity contribution in [3.63, 3.8) is 0 Å². The Balaban J connectivity index is 1.57. The smallest absolute Gasteiger partial charge is 0.306 e. The van der Waals surface area contributed by atoms with E-state index in [1.165, 1.54) is 6.42 Å². The zero-order valence-corrected chi connectivity index (χ0v) is 15.6. The van der Waals surface area contributed by atoms with Crippen molar-refractivity contribution >= 4 is 29.2 Å². The van der Waals surface area contributed by atoms with Crippen LogP contribution in [0.15, 0.2) is 24.3 Å². The van der Waals surface area contributed by atoms with Gasteiger partial charge >= 0.3 is 5.97 Å². The Morgan fingerprint density at radius 3 is 1.96 bits per heavy atom. The molecule has 2 fully saturated rings. The van der Waals surface area contributed by atoms with E-state index in [1.807, 2.05) is 6.07 Å². The van der Waals surface area contributed by atoms with E-state index < -0.39 is 11.9 Å². The second kappa shape index (κ2) is 9.02. The van der Waals surface area contributed by atoms with Gasteiger partial charge in [-0.1, -0.05) is 31.7 Å². The quantitative estimate of drug-likeness (QED) is 0.727. The van der Waals surface area contributed by atoms with Crippen LogP contribution in [-0.4, -0.2) is 22.9 Å².